The van der Waals surface area contributed by atoms with E-state index in [1.807, 2.05) is 0 Å². The molecule has 0 fully saturated rings. The van der Waals surface area contributed by atoms with Crippen molar-refractivity contribution >= 4 is 26.7 Å². The fourth-order valence-corrected chi connectivity index (χ4v) is 1.70. The van der Waals surface area contributed by atoms with Crippen molar-refractivity contribution in [2.75, 3.05) is 0 Å². The van der Waals surface area contributed by atoms with E-state index >= 15 is 0 Å². The van der Waals surface area contributed by atoms with Crippen LogP contribution >= 0.6 is 15.9 Å². The van der Waals surface area contributed by atoms with Gasteiger partial charge in [0.1, 0.15) is 11.6 Å². The number of hydrogen-bond acceptors (Lipinski definition) is 1. The van der Waals surface area contributed by atoms with E-state index in [2.05, 4.69) is 20.9 Å². The quantitative estimate of drug-likeness (QED) is 0.775. The minimum Gasteiger partial charge on any atom is -0.326 e. The van der Waals surface area contributed by atoms with Gasteiger partial charge in [-0.1, -0.05) is 15.9 Å². The maximum Gasteiger partial charge on any atom is 0.258 e. The maximum atomic E-state index is 13.3. The summed E-state index contributed by atoms with van der Waals surface area (Å²) in [5, 5.41) is -0.283. The van der Waals surface area contributed by atoms with E-state index in [0.717, 1.165) is 12.3 Å². The van der Waals surface area contributed by atoms with Crippen LogP contribution in [0.25, 0.3) is 10.8 Å². The molecule has 0 aliphatic heterocycles. The van der Waals surface area contributed by atoms with Crippen molar-refractivity contribution in [2.24, 2.45) is 0 Å². The van der Waals surface area contributed by atoms with Gasteiger partial charge in [-0.2, -0.15) is 0 Å². The number of aromatic nitrogens is 1. The van der Waals surface area contributed by atoms with Gasteiger partial charge in [0.2, 0.25) is 0 Å². The average molecular weight is 260 g/mol. The zero-order chi connectivity index (χ0) is 10.3. The molecular formula is C9H4BrF2NO. The lowest BCUT2D eigenvalue weighted by atomic mass is 10.1. The highest BCUT2D eigenvalue weighted by atomic mass is 79.9. The Labute approximate surface area is 85.7 Å². The number of hydrogen-bond donors (Lipinski definition) is 1. The van der Waals surface area contributed by atoms with Crippen molar-refractivity contribution in [2.45, 2.75) is 0 Å². The topological polar surface area (TPSA) is 32.9 Å². The Balaban J connectivity index is 3.08. The molecule has 0 atom stereocenters. The van der Waals surface area contributed by atoms with Gasteiger partial charge in [0, 0.05) is 16.1 Å². The van der Waals surface area contributed by atoms with Crippen molar-refractivity contribution in [3.05, 3.63) is 44.8 Å². The highest BCUT2D eigenvalue weighted by Gasteiger charge is 2.10. The van der Waals surface area contributed by atoms with Crippen LogP contribution in [0, 0.1) is 11.6 Å². The van der Waals surface area contributed by atoms with Gasteiger partial charge in [0.05, 0.1) is 5.39 Å². The Morgan fingerprint density at radius 3 is 2.64 bits per heavy atom. The van der Waals surface area contributed by atoms with Gasteiger partial charge in [-0.3, -0.25) is 4.79 Å². The standard InChI is InChI=1S/C9H4BrF2NO/c10-4-1-5-7(12)3-13-9(14)8(5)6(11)2-4/h1-3H,(H,13,14). The van der Waals surface area contributed by atoms with E-state index in [1.165, 1.54) is 6.07 Å². The zero-order valence-corrected chi connectivity index (χ0v) is 8.36. The largest absolute Gasteiger partial charge is 0.326 e. The van der Waals surface area contributed by atoms with Crippen LogP contribution in [0.3, 0.4) is 0 Å². The average Bonchev–Trinajstić information content (AvgIpc) is 2.10. The van der Waals surface area contributed by atoms with Crippen LogP contribution in [0.1, 0.15) is 0 Å². The molecule has 0 radical (unpaired) electrons. The number of halogens is 3. The second-order valence-corrected chi connectivity index (χ2v) is 3.69. The van der Waals surface area contributed by atoms with E-state index in [-0.39, 0.29) is 10.8 Å². The molecule has 72 valence electrons. The van der Waals surface area contributed by atoms with Gasteiger partial charge in [-0.15, -0.1) is 0 Å². The lowest BCUT2D eigenvalue weighted by Crippen LogP contribution is -2.08. The molecule has 0 unspecified atom stereocenters. The van der Waals surface area contributed by atoms with Crippen LogP contribution in [-0.2, 0) is 0 Å². The summed E-state index contributed by atoms with van der Waals surface area (Å²) in [6.45, 7) is 0. The summed E-state index contributed by atoms with van der Waals surface area (Å²) in [6, 6.07) is 2.49. The third kappa shape index (κ3) is 1.33. The Morgan fingerprint density at radius 1 is 1.21 bits per heavy atom. The molecule has 0 saturated heterocycles. The van der Waals surface area contributed by atoms with Crippen LogP contribution in [0.15, 0.2) is 27.6 Å². The molecule has 2 rings (SSSR count). The zero-order valence-electron chi connectivity index (χ0n) is 6.77. The fourth-order valence-electron chi connectivity index (χ4n) is 1.27. The predicted octanol–water partition coefficient (Wildman–Crippen LogP) is 2.57. The minimum absolute atomic E-state index is 0.0272. The Bertz CT molecular complexity index is 564. The number of pyridine rings is 1. The number of aromatic amines is 1. The first-order valence-electron chi connectivity index (χ1n) is 3.75. The molecule has 0 saturated carbocycles. The molecule has 0 aliphatic rings. The van der Waals surface area contributed by atoms with E-state index in [0.29, 0.717) is 4.47 Å². The van der Waals surface area contributed by atoms with Gasteiger partial charge in [0.15, 0.2) is 0 Å². The summed E-state index contributed by atoms with van der Waals surface area (Å²) in [5.41, 5.74) is -0.633. The Kier molecular flexibility index (Phi) is 2.11. The molecule has 5 heteroatoms. The van der Waals surface area contributed by atoms with Gasteiger partial charge >= 0.3 is 0 Å². The molecule has 0 aliphatic carbocycles. The number of H-pyrrole nitrogens is 1. The van der Waals surface area contributed by atoms with Gasteiger partial charge in [0.25, 0.3) is 5.56 Å². The summed E-state index contributed by atoms with van der Waals surface area (Å²) < 4.78 is 26.8. The normalized spacial score (nSPS) is 10.8. The van der Waals surface area contributed by atoms with E-state index in [9.17, 15) is 13.6 Å². The van der Waals surface area contributed by atoms with Crippen molar-refractivity contribution in [3.8, 4) is 0 Å². The van der Waals surface area contributed by atoms with Gasteiger partial charge in [-0.25, -0.2) is 8.78 Å². The van der Waals surface area contributed by atoms with Crippen molar-refractivity contribution < 1.29 is 8.78 Å². The van der Waals surface area contributed by atoms with E-state index in [4.69, 9.17) is 0 Å². The Morgan fingerprint density at radius 2 is 1.93 bits per heavy atom. The molecule has 2 aromatic rings. The lowest BCUT2D eigenvalue weighted by molar-refractivity contribution is 0.622. The van der Waals surface area contributed by atoms with Gasteiger partial charge < -0.3 is 4.98 Å². The SMILES string of the molecule is O=c1[nH]cc(F)c2cc(Br)cc(F)c12. The molecule has 2 nitrogen and oxygen atoms in total. The monoisotopic (exact) mass is 259 g/mol. The second kappa shape index (κ2) is 3.16. The lowest BCUT2D eigenvalue weighted by Gasteiger charge is -2.00. The summed E-state index contributed by atoms with van der Waals surface area (Å²) in [7, 11) is 0. The van der Waals surface area contributed by atoms with Crippen molar-refractivity contribution in [1.82, 2.24) is 4.98 Å². The second-order valence-electron chi connectivity index (χ2n) is 2.78. The minimum atomic E-state index is -0.741. The molecule has 0 amide bonds. The number of fused-ring (bicyclic) bond motifs is 1. The molecule has 1 aromatic carbocycles. The summed E-state index contributed by atoms with van der Waals surface area (Å²) >= 11 is 3.02. The van der Waals surface area contributed by atoms with Crippen molar-refractivity contribution in [1.29, 1.82) is 0 Å². The van der Waals surface area contributed by atoms with Crippen LogP contribution in [0.4, 0.5) is 8.78 Å². The molecular weight excluding hydrogens is 256 g/mol. The predicted molar refractivity (Wildman–Crippen MR) is 52.2 cm³/mol. The van der Waals surface area contributed by atoms with Crippen LogP contribution in [0.2, 0.25) is 0 Å². The van der Waals surface area contributed by atoms with Crippen molar-refractivity contribution in [3.63, 3.8) is 0 Å². The van der Waals surface area contributed by atoms with Crippen LogP contribution in [0.5, 0.6) is 0 Å². The Hall–Kier alpha value is -1.23. The molecule has 0 bridgehead atoms. The molecule has 1 aromatic heterocycles. The number of benzene rings is 1. The molecule has 1 heterocycles. The van der Waals surface area contributed by atoms with Crippen LogP contribution in [-0.4, -0.2) is 4.98 Å². The number of rotatable bonds is 0. The first kappa shape index (κ1) is 9.33. The van der Waals surface area contributed by atoms with Gasteiger partial charge in [-0.05, 0) is 12.1 Å². The molecule has 14 heavy (non-hydrogen) atoms. The van der Waals surface area contributed by atoms with E-state index in [1.54, 1.807) is 0 Å². The summed E-state index contributed by atoms with van der Waals surface area (Å²) in [6.07, 6.45) is 0.913. The molecule has 0 spiro atoms. The fraction of sp³-hybridized carbons (Fsp3) is 0. The first-order valence-corrected chi connectivity index (χ1v) is 4.55. The first-order chi connectivity index (χ1) is 6.59. The van der Waals surface area contributed by atoms with Crippen LogP contribution < -0.4 is 5.56 Å². The third-order valence-electron chi connectivity index (χ3n) is 1.87. The summed E-state index contributed by atoms with van der Waals surface area (Å²) in [5.74, 6) is -1.39. The highest BCUT2D eigenvalue weighted by Crippen LogP contribution is 2.22. The van der Waals surface area contributed by atoms with E-state index < -0.39 is 17.2 Å². The highest BCUT2D eigenvalue weighted by molar-refractivity contribution is 9.10. The maximum absolute atomic E-state index is 13.3. The number of nitrogens with one attached hydrogen (secondary N) is 1. The smallest absolute Gasteiger partial charge is 0.258 e. The third-order valence-corrected chi connectivity index (χ3v) is 2.33. The molecule has 1 N–H and O–H groups in total. The summed E-state index contributed by atoms with van der Waals surface area (Å²) in [4.78, 5) is 13.3.